The number of anilines is 1. The van der Waals surface area contributed by atoms with Crippen molar-refractivity contribution in [3.05, 3.63) is 29.3 Å². The van der Waals surface area contributed by atoms with Gasteiger partial charge in [-0.05, 0) is 51.9 Å². The lowest BCUT2D eigenvalue weighted by atomic mass is 10.1. The van der Waals surface area contributed by atoms with Gasteiger partial charge < -0.3 is 15.1 Å². The Kier molecular flexibility index (Phi) is 3.99. The van der Waals surface area contributed by atoms with Crippen LogP contribution in [0.3, 0.4) is 0 Å². The van der Waals surface area contributed by atoms with Crippen molar-refractivity contribution in [2.75, 3.05) is 32.1 Å². The van der Waals surface area contributed by atoms with E-state index in [2.05, 4.69) is 54.3 Å². The van der Waals surface area contributed by atoms with Gasteiger partial charge in [0.05, 0.1) is 0 Å². The van der Waals surface area contributed by atoms with E-state index in [-0.39, 0.29) is 0 Å². The molecule has 0 radical (unpaired) electrons. The Labute approximate surface area is 123 Å². The topological polar surface area (TPSA) is 18.5 Å². The summed E-state index contributed by atoms with van der Waals surface area (Å²) in [4.78, 5) is 4.92. The fourth-order valence-electron chi connectivity index (χ4n) is 3.09. The normalized spacial score (nSPS) is 22.8. The molecule has 2 aliphatic rings. The summed E-state index contributed by atoms with van der Waals surface area (Å²) in [7, 11) is 4.39. The molecule has 1 N–H and O–H groups in total. The van der Waals surface area contributed by atoms with E-state index in [9.17, 15) is 0 Å². The maximum Gasteiger partial charge on any atom is 0.0412 e. The fraction of sp³-hybridized carbons (Fsp3) is 0.647. The molecule has 0 bridgehead atoms. The van der Waals surface area contributed by atoms with E-state index in [0.29, 0.717) is 6.04 Å². The van der Waals surface area contributed by atoms with E-state index < -0.39 is 0 Å². The van der Waals surface area contributed by atoms with Gasteiger partial charge in [0.25, 0.3) is 0 Å². The van der Waals surface area contributed by atoms with E-state index in [1.54, 1.807) is 0 Å². The maximum absolute atomic E-state index is 3.66. The third-order valence-corrected chi connectivity index (χ3v) is 4.63. The predicted molar refractivity (Wildman–Crippen MR) is 85.3 cm³/mol. The smallest absolute Gasteiger partial charge is 0.0412 e. The Bertz CT molecular complexity index is 465. The monoisotopic (exact) mass is 273 g/mol. The van der Waals surface area contributed by atoms with E-state index in [1.807, 2.05) is 0 Å². The molecule has 1 aromatic rings. The molecule has 20 heavy (non-hydrogen) atoms. The van der Waals surface area contributed by atoms with Crippen LogP contribution >= 0.6 is 0 Å². The maximum atomic E-state index is 3.66. The lowest BCUT2D eigenvalue weighted by Crippen LogP contribution is -2.32. The summed E-state index contributed by atoms with van der Waals surface area (Å²) in [5, 5.41) is 3.66. The number of nitrogens with one attached hydrogen (secondary N) is 1. The van der Waals surface area contributed by atoms with Gasteiger partial charge in [-0.2, -0.15) is 0 Å². The number of rotatable bonds is 5. The predicted octanol–water partition coefficient (Wildman–Crippen LogP) is 2.39. The van der Waals surface area contributed by atoms with E-state index in [4.69, 9.17) is 0 Å². The van der Waals surface area contributed by atoms with Crippen molar-refractivity contribution in [1.82, 2.24) is 10.2 Å². The van der Waals surface area contributed by atoms with Crippen LogP contribution in [0.25, 0.3) is 0 Å². The van der Waals surface area contributed by atoms with E-state index in [1.165, 1.54) is 42.6 Å². The minimum absolute atomic E-state index is 0.695. The van der Waals surface area contributed by atoms with Crippen LogP contribution in [0.1, 0.15) is 30.4 Å². The first-order chi connectivity index (χ1) is 9.63. The number of nitrogens with zero attached hydrogens (tertiary/aromatic N) is 2. The van der Waals surface area contributed by atoms with Gasteiger partial charge in [0.1, 0.15) is 0 Å². The fourth-order valence-corrected chi connectivity index (χ4v) is 3.09. The molecule has 110 valence electrons. The van der Waals surface area contributed by atoms with Crippen molar-refractivity contribution in [3.8, 4) is 0 Å². The number of aryl methyl sites for hydroxylation is 1. The van der Waals surface area contributed by atoms with Gasteiger partial charge in [-0.1, -0.05) is 17.7 Å². The van der Waals surface area contributed by atoms with Gasteiger partial charge >= 0.3 is 0 Å². The minimum atomic E-state index is 0.695. The average molecular weight is 273 g/mol. The second kappa shape index (κ2) is 5.74. The van der Waals surface area contributed by atoms with Crippen LogP contribution in [0.2, 0.25) is 0 Å². The highest BCUT2D eigenvalue weighted by Gasteiger charge is 2.26. The molecule has 1 aliphatic carbocycles. The number of hydrogen-bond acceptors (Lipinski definition) is 3. The zero-order valence-corrected chi connectivity index (χ0v) is 13.0. The zero-order valence-electron chi connectivity index (χ0n) is 13.0. The van der Waals surface area contributed by atoms with E-state index >= 15 is 0 Å². The van der Waals surface area contributed by atoms with Crippen molar-refractivity contribution < 1.29 is 0 Å². The van der Waals surface area contributed by atoms with Crippen molar-refractivity contribution in [2.45, 2.75) is 44.8 Å². The lowest BCUT2D eigenvalue weighted by Gasteiger charge is -2.24. The summed E-state index contributed by atoms with van der Waals surface area (Å²) < 4.78 is 0. The highest BCUT2D eigenvalue weighted by atomic mass is 15.2. The molecule has 1 heterocycles. The second-order valence-electron chi connectivity index (χ2n) is 6.64. The molecule has 1 aromatic carbocycles. The molecule has 1 saturated heterocycles. The highest BCUT2D eigenvalue weighted by Crippen LogP contribution is 2.28. The molecule has 0 spiro atoms. The first-order valence-electron chi connectivity index (χ1n) is 7.88. The molecule has 0 amide bonds. The largest absolute Gasteiger partial charge is 0.370 e. The van der Waals surface area contributed by atoms with Crippen molar-refractivity contribution in [1.29, 1.82) is 0 Å². The minimum Gasteiger partial charge on any atom is -0.370 e. The summed E-state index contributed by atoms with van der Waals surface area (Å²) in [6.45, 7) is 5.55. The Morgan fingerprint density at radius 2 is 2.05 bits per heavy atom. The molecule has 3 heteroatoms. The molecule has 1 unspecified atom stereocenters. The summed E-state index contributed by atoms with van der Waals surface area (Å²) in [6, 6.07) is 8.39. The van der Waals surface area contributed by atoms with Crippen LogP contribution in [0.4, 0.5) is 5.69 Å². The van der Waals surface area contributed by atoms with Gasteiger partial charge in [0, 0.05) is 37.4 Å². The lowest BCUT2D eigenvalue weighted by molar-refractivity contribution is 0.315. The summed E-state index contributed by atoms with van der Waals surface area (Å²) >= 11 is 0. The van der Waals surface area contributed by atoms with Crippen LogP contribution in [0.15, 0.2) is 18.2 Å². The SMILES string of the molecule is Cc1ccc(N2CCC(N(C)C)C2)c(CNC2CC2)c1. The van der Waals surface area contributed by atoms with Crippen molar-refractivity contribution >= 4 is 5.69 Å². The molecule has 3 rings (SSSR count). The quantitative estimate of drug-likeness (QED) is 0.888. The third-order valence-electron chi connectivity index (χ3n) is 4.63. The van der Waals surface area contributed by atoms with Crippen LogP contribution in [0, 0.1) is 6.92 Å². The first-order valence-corrected chi connectivity index (χ1v) is 7.88. The Hall–Kier alpha value is -1.06. The summed E-state index contributed by atoms with van der Waals surface area (Å²) in [6.07, 6.45) is 3.98. The van der Waals surface area contributed by atoms with Gasteiger partial charge in [-0.15, -0.1) is 0 Å². The van der Waals surface area contributed by atoms with Crippen LogP contribution < -0.4 is 10.2 Å². The van der Waals surface area contributed by atoms with Crippen LogP contribution in [-0.4, -0.2) is 44.2 Å². The summed E-state index contributed by atoms with van der Waals surface area (Å²) in [5.74, 6) is 0. The van der Waals surface area contributed by atoms with Crippen LogP contribution in [0.5, 0.6) is 0 Å². The van der Waals surface area contributed by atoms with Gasteiger partial charge in [0.2, 0.25) is 0 Å². The molecule has 2 fully saturated rings. The molecule has 1 atom stereocenters. The van der Waals surface area contributed by atoms with Gasteiger partial charge in [0.15, 0.2) is 0 Å². The zero-order chi connectivity index (χ0) is 14.1. The average Bonchev–Trinajstić information content (AvgIpc) is 3.11. The highest BCUT2D eigenvalue weighted by molar-refractivity contribution is 5.56. The second-order valence-corrected chi connectivity index (χ2v) is 6.64. The molecule has 1 saturated carbocycles. The Morgan fingerprint density at radius 3 is 2.70 bits per heavy atom. The Balaban J connectivity index is 1.74. The molecular formula is C17H27N3. The number of hydrogen-bond donors (Lipinski definition) is 1. The molecular weight excluding hydrogens is 246 g/mol. The Morgan fingerprint density at radius 1 is 1.25 bits per heavy atom. The van der Waals surface area contributed by atoms with Crippen molar-refractivity contribution in [2.24, 2.45) is 0 Å². The first kappa shape index (κ1) is 13.9. The molecule has 3 nitrogen and oxygen atoms in total. The molecule has 0 aromatic heterocycles. The number of likely N-dealkylation sites (N-methyl/N-ethyl adjacent to an activating group) is 1. The third kappa shape index (κ3) is 3.15. The van der Waals surface area contributed by atoms with Crippen LogP contribution in [-0.2, 0) is 6.54 Å². The molecule has 1 aliphatic heterocycles. The number of benzene rings is 1. The van der Waals surface area contributed by atoms with E-state index in [0.717, 1.165) is 19.1 Å². The standard InChI is InChI=1S/C17H27N3/c1-13-4-7-17(14(10-13)11-18-15-5-6-15)20-9-8-16(12-20)19(2)3/h4,7,10,15-16,18H,5-6,8-9,11-12H2,1-3H3. The van der Waals surface area contributed by atoms with Gasteiger partial charge in [-0.3, -0.25) is 0 Å². The van der Waals surface area contributed by atoms with Crippen molar-refractivity contribution in [3.63, 3.8) is 0 Å². The van der Waals surface area contributed by atoms with Gasteiger partial charge in [-0.25, -0.2) is 0 Å². The summed E-state index contributed by atoms with van der Waals surface area (Å²) in [5.41, 5.74) is 4.27.